The minimum absolute atomic E-state index is 0.0248. The van der Waals surface area contributed by atoms with Gasteiger partial charge in [-0.3, -0.25) is 33.6 Å². The summed E-state index contributed by atoms with van der Waals surface area (Å²) in [6.45, 7) is 32.0. The Morgan fingerprint density at radius 3 is 1.05 bits per heavy atom. The standard InChI is InChI=1S/C63H95NO13/c1-20-21-22-23-24-25-26-27-28-29-30-31-32-33-34-35-36-64-43-39-42(72-52(66)58(2,3)4)40-44(73-53(67)59(5,6)7)47(43)49(65)51(77-57(71)63(17,18)19)48(64)41-37-45(74-54(68)60(8,9)10)50(76-56(70)62(14,15)16)46(38-41)75-55(69)61(11,12)13/h37-40H,20-36H2,1-19H3. The molecule has 0 atom stereocenters. The molecule has 0 spiro atoms. The SMILES string of the molecule is CCCCCCCCCCCCCCCCCCn1c(-c2cc(OC(=O)C(C)(C)C)c(OC(=O)C(C)(C)C)c(OC(=O)C(C)(C)C)c2)c(OC(=O)C(C)(C)C)c(=O)c2c(OC(=O)C(C)(C)C)cc(OC(=O)C(C)(C)C)cc21. The Morgan fingerprint density at radius 2 is 0.688 bits per heavy atom. The molecule has 1 aromatic heterocycles. The van der Waals surface area contributed by atoms with E-state index in [2.05, 4.69) is 6.92 Å². The Labute approximate surface area is 460 Å². The Morgan fingerprint density at radius 1 is 0.377 bits per heavy atom. The average molecular weight is 1070 g/mol. The second kappa shape index (κ2) is 27.4. The summed E-state index contributed by atoms with van der Waals surface area (Å²) in [4.78, 5) is 98.8. The lowest BCUT2D eigenvalue weighted by Crippen LogP contribution is -2.30. The number of ether oxygens (including phenoxy) is 6. The summed E-state index contributed by atoms with van der Waals surface area (Å²) in [5, 5.41) is -0.149. The lowest BCUT2D eigenvalue weighted by atomic mass is 9.96. The third kappa shape index (κ3) is 20.0. The molecule has 0 N–H and O–H groups in total. The van der Waals surface area contributed by atoms with Gasteiger partial charge < -0.3 is 33.0 Å². The van der Waals surface area contributed by atoms with Crippen LogP contribution < -0.4 is 33.8 Å². The van der Waals surface area contributed by atoms with Gasteiger partial charge in [0, 0.05) is 24.2 Å². The molecular weight excluding hydrogens is 979 g/mol. The number of fused-ring (bicyclic) bond motifs is 1. The van der Waals surface area contributed by atoms with E-state index in [1.54, 1.807) is 129 Å². The quantitative estimate of drug-likeness (QED) is 0.0470. The van der Waals surface area contributed by atoms with Gasteiger partial charge in [-0.25, -0.2) is 0 Å². The van der Waals surface area contributed by atoms with Gasteiger partial charge in [-0.15, -0.1) is 0 Å². The molecule has 0 bridgehead atoms. The third-order valence-electron chi connectivity index (χ3n) is 12.7. The van der Waals surface area contributed by atoms with Crippen LogP contribution in [-0.4, -0.2) is 40.4 Å². The maximum atomic E-state index is 15.6. The Balaban J connectivity index is 2.49. The van der Waals surface area contributed by atoms with Crippen LogP contribution >= 0.6 is 0 Å². The second-order valence-electron chi connectivity index (χ2n) is 26.9. The summed E-state index contributed by atoms with van der Waals surface area (Å²) in [6, 6.07) is 5.54. The molecule has 0 aliphatic heterocycles. The number of unbranched alkanes of at least 4 members (excludes halogenated alkanes) is 15. The second-order valence-corrected chi connectivity index (χ2v) is 26.9. The van der Waals surface area contributed by atoms with Crippen molar-refractivity contribution < 1.29 is 57.2 Å². The van der Waals surface area contributed by atoms with Gasteiger partial charge in [0.05, 0.1) is 49.1 Å². The first kappa shape index (κ1) is 65.8. The molecule has 0 saturated carbocycles. The van der Waals surface area contributed by atoms with Crippen molar-refractivity contribution in [3.05, 3.63) is 34.5 Å². The maximum absolute atomic E-state index is 15.6. The number of aromatic nitrogens is 1. The topological polar surface area (TPSA) is 180 Å². The molecule has 0 aliphatic carbocycles. The number of rotatable bonds is 24. The number of pyridine rings is 1. The first-order chi connectivity index (χ1) is 35.4. The van der Waals surface area contributed by atoms with E-state index in [9.17, 15) is 28.8 Å². The van der Waals surface area contributed by atoms with E-state index in [1.165, 1.54) is 88.5 Å². The fourth-order valence-corrected chi connectivity index (χ4v) is 7.53. The molecule has 14 nitrogen and oxygen atoms in total. The summed E-state index contributed by atoms with van der Waals surface area (Å²) < 4.78 is 38.2. The highest BCUT2D eigenvalue weighted by atomic mass is 16.6. The number of hydrogen-bond acceptors (Lipinski definition) is 13. The number of carbonyl (C=O) groups excluding carboxylic acids is 6. The smallest absolute Gasteiger partial charge is 0.316 e. The largest absolute Gasteiger partial charge is 0.426 e. The van der Waals surface area contributed by atoms with E-state index in [-0.39, 0.29) is 57.5 Å². The normalized spacial score (nSPS) is 12.6. The van der Waals surface area contributed by atoms with Crippen molar-refractivity contribution in [2.75, 3.05) is 0 Å². The van der Waals surface area contributed by atoms with Crippen LogP contribution in [0.2, 0.25) is 0 Å². The average Bonchev–Trinajstić information content (AvgIpc) is 3.28. The van der Waals surface area contributed by atoms with Crippen LogP contribution in [0.1, 0.15) is 234 Å². The predicted octanol–water partition coefficient (Wildman–Crippen LogP) is 15.6. The molecule has 1 heterocycles. The van der Waals surface area contributed by atoms with Gasteiger partial charge in [-0.05, 0) is 143 Å². The molecule has 2 aromatic carbocycles. The predicted molar refractivity (Wildman–Crippen MR) is 304 cm³/mol. The maximum Gasteiger partial charge on any atom is 0.316 e. The zero-order chi connectivity index (χ0) is 58.5. The fraction of sp³-hybridized carbons (Fsp3) is 0.667. The molecule has 0 radical (unpaired) electrons. The Kier molecular flexibility index (Phi) is 23.4. The highest BCUT2D eigenvalue weighted by Crippen LogP contribution is 2.47. The highest BCUT2D eigenvalue weighted by molar-refractivity contribution is 5.96. The highest BCUT2D eigenvalue weighted by Gasteiger charge is 2.37. The summed E-state index contributed by atoms with van der Waals surface area (Å²) in [6.07, 6.45) is 18.2. The minimum atomic E-state index is -1.16. The van der Waals surface area contributed by atoms with Crippen molar-refractivity contribution in [3.63, 3.8) is 0 Å². The van der Waals surface area contributed by atoms with Crippen molar-refractivity contribution in [2.24, 2.45) is 32.5 Å². The van der Waals surface area contributed by atoms with Crippen LogP contribution in [0.5, 0.6) is 34.5 Å². The van der Waals surface area contributed by atoms with Crippen molar-refractivity contribution in [1.29, 1.82) is 0 Å². The zero-order valence-corrected chi connectivity index (χ0v) is 50.6. The molecule has 3 rings (SSSR count). The summed E-state index contributed by atoms with van der Waals surface area (Å²) in [7, 11) is 0. The Hall–Kier alpha value is -5.53. The van der Waals surface area contributed by atoms with Gasteiger partial charge in [-0.2, -0.15) is 0 Å². The van der Waals surface area contributed by atoms with E-state index in [4.69, 9.17) is 28.4 Å². The van der Waals surface area contributed by atoms with Crippen LogP contribution in [0.4, 0.5) is 0 Å². The van der Waals surface area contributed by atoms with Crippen LogP contribution in [0.15, 0.2) is 29.1 Å². The molecule has 0 aliphatic rings. The van der Waals surface area contributed by atoms with E-state index < -0.39 is 79.5 Å². The van der Waals surface area contributed by atoms with Crippen LogP contribution in [0.3, 0.4) is 0 Å². The van der Waals surface area contributed by atoms with Gasteiger partial charge in [-0.1, -0.05) is 103 Å². The van der Waals surface area contributed by atoms with Crippen molar-refractivity contribution >= 4 is 46.7 Å². The number of benzene rings is 2. The lowest BCUT2D eigenvalue weighted by molar-refractivity contribution is -0.146. The first-order valence-electron chi connectivity index (χ1n) is 28.2. The van der Waals surface area contributed by atoms with Gasteiger partial charge >= 0.3 is 35.8 Å². The molecule has 77 heavy (non-hydrogen) atoms. The number of carbonyl (C=O) groups is 6. The fourth-order valence-electron chi connectivity index (χ4n) is 7.53. The lowest BCUT2D eigenvalue weighted by Gasteiger charge is -2.26. The summed E-state index contributed by atoms with van der Waals surface area (Å²) in [5.74, 6) is -6.13. The molecule has 14 heteroatoms. The van der Waals surface area contributed by atoms with Crippen LogP contribution in [-0.2, 0) is 35.3 Å². The summed E-state index contributed by atoms with van der Waals surface area (Å²) >= 11 is 0. The number of esters is 6. The van der Waals surface area contributed by atoms with Crippen molar-refractivity contribution in [2.45, 2.75) is 241 Å². The molecule has 430 valence electrons. The van der Waals surface area contributed by atoms with Gasteiger partial charge in [0.1, 0.15) is 11.5 Å². The van der Waals surface area contributed by atoms with E-state index in [1.807, 2.05) is 0 Å². The molecule has 0 fully saturated rings. The van der Waals surface area contributed by atoms with Crippen molar-refractivity contribution in [3.8, 4) is 45.8 Å². The zero-order valence-electron chi connectivity index (χ0n) is 50.6. The molecule has 0 saturated heterocycles. The Bertz CT molecular complexity index is 2560. The molecular formula is C63H95NO13. The monoisotopic (exact) mass is 1070 g/mol. The van der Waals surface area contributed by atoms with Crippen LogP contribution in [0, 0.1) is 32.5 Å². The van der Waals surface area contributed by atoms with Gasteiger partial charge in [0.15, 0.2) is 11.5 Å². The van der Waals surface area contributed by atoms with Crippen LogP contribution in [0.25, 0.3) is 22.2 Å². The summed E-state index contributed by atoms with van der Waals surface area (Å²) in [5.41, 5.74) is -7.18. The number of aryl methyl sites for hydroxylation is 1. The van der Waals surface area contributed by atoms with E-state index >= 15 is 4.79 Å². The first-order valence-corrected chi connectivity index (χ1v) is 28.2. The van der Waals surface area contributed by atoms with Gasteiger partial charge in [0.25, 0.3) is 0 Å². The van der Waals surface area contributed by atoms with E-state index in [0.29, 0.717) is 6.42 Å². The third-order valence-corrected chi connectivity index (χ3v) is 12.7. The van der Waals surface area contributed by atoms with E-state index in [0.717, 1.165) is 32.1 Å². The molecule has 3 aromatic rings. The number of nitrogens with zero attached hydrogens (tertiary/aromatic N) is 1. The molecule has 0 amide bonds. The molecule has 0 unspecified atom stereocenters. The van der Waals surface area contributed by atoms with Gasteiger partial charge in [0.2, 0.25) is 16.9 Å². The number of hydrogen-bond donors (Lipinski definition) is 0. The minimum Gasteiger partial charge on any atom is -0.426 e. The van der Waals surface area contributed by atoms with Crippen molar-refractivity contribution in [1.82, 2.24) is 4.57 Å².